The summed E-state index contributed by atoms with van der Waals surface area (Å²) in [6.45, 7) is 4.35. The Kier molecular flexibility index (Phi) is 8.37. The number of esters is 1. The Labute approximate surface area is 243 Å². The summed E-state index contributed by atoms with van der Waals surface area (Å²) in [5, 5.41) is 0.682. The van der Waals surface area contributed by atoms with E-state index in [1.54, 1.807) is 36.4 Å². The Morgan fingerprint density at radius 1 is 0.902 bits per heavy atom. The van der Waals surface area contributed by atoms with Gasteiger partial charge in [-0.3, -0.25) is 19.3 Å². The van der Waals surface area contributed by atoms with Crippen LogP contribution in [0.2, 0.25) is 5.02 Å². The third kappa shape index (κ3) is 6.11. The van der Waals surface area contributed by atoms with Crippen LogP contribution in [0.15, 0.2) is 66.7 Å². The fourth-order valence-electron chi connectivity index (χ4n) is 5.19. The van der Waals surface area contributed by atoms with Crippen LogP contribution in [0.1, 0.15) is 32.7 Å². The zero-order chi connectivity index (χ0) is 29.1. The number of halogens is 1. The molecular formula is C31H30ClN3O6. The van der Waals surface area contributed by atoms with Gasteiger partial charge in [0.2, 0.25) is 5.91 Å². The van der Waals surface area contributed by atoms with Crippen molar-refractivity contribution < 1.29 is 28.7 Å². The fraction of sp³-hybridized carbons (Fsp3) is 0.290. The number of methoxy groups -OCH3 is 1. The van der Waals surface area contributed by atoms with Gasteiger partial charge in [-0.05, 0) is 73.2 Å². The predicted molar refractivity (Wildman–Crippen MR) is 155 cm³/mol. The molecule has 2 saturated heterocycles. The lowest BCUT2D eigenvalue weighted by atomic mass is 10.1. The molecule has 2 heterocycles. The van der Waals surface area contributed by atoms with Gasteiger partial charge in [-0.25, -0.2) is 9.69 Å². The molecule has 212 valence electrons. The summed E-state index contributed by atoms with van der Waals surface area (Å²) in [4.78, 5) is 56.6. The maximum absolute atomic E-state index is 13.3. The molecule has 0 bridgehead atoms. The number of benzene rings is 3. The van der Waals surface area contributed by atoms with Crippen LogP contribution in [0.5, 0.6) is 5.75 Å². The first-order valence-electron chi connectivity index (χ1n) is 13.3. The van der Waals surface area contributed by atoms with E-state index in [1.807, 2.05) is 25.1 Å². The van der Waals surface area contributed by atoms with E-state index in [-0.39, 0.29) is 29.6 Å². The molecule has 3 aromatic rings. The average Bonchev–Trinajstić information content (AvgIpc) is 3.30. The molecule has 3 aromatic carbocycles. The number of nitrogens with zero attached hydrogens (tertiary/aromatic N) is 3. The highest BCUT2D eigenvalue weighted by atomic mass is 35.5. The SMILES string of the molecule is COc1ccc(C(=O)COC(=O)c2ccc(N3C(=O)CC(N4CCN(c5cc(Cl)ccc5C)CC4)C3=O)cc2)cc1. The number of piperazine rings is 1. The summed E-state index contributed by atoms with van der Waals surface area (Å²) < 4.78 is 10.3. The zero-order valence-corrected chi connectivity index (χ0v) is 23.6. The van der Waals surface area contributed by atoms with Crippen molar-refractivity contribution in [2.75, 3.05) is 49.7 Å². The Hall–Kier alpha value is -4.21. The number of carbonyl (C=O) groups is 4. The van der Waals surface area contributed by atoms with Gasteiger partial charge in [-0.2, -0.15) is 0 Å². The molecule has 0 aromatic heterocycles. The van der Waals surface area contributed by atoms with E-state index in [4.69, 9.17) is 21.1 Å². The first kappa shape index (κ1) is 28.3. The summed E-state index contributed by atoms with van der Waals surface area (Å²) in [5.41, 5.74) is 3.21. The maximum atomic E-state index is 13.3. The molecule has 1 unspecified atom stereocenters. The number of Topliss-reactive ketones (excluding diaryl/α,β-unsaturated/α-hetero) is 1. The number of ether oxygens (including phenoxy) is 2. The number of ketones is 1. The van der Waals surface area contributed by atoms with Gasteiger partial charge in [0.15, 0.2) is 12.4 Å². The first-order chi connectivity index (χ1) is 19.7. The van der Waals surface area contributed by atoms with Gasteiger partial charge in [-0.1, -0.05) is 17.7 Å². The van der Waals surface area contributed by atoms with Crippen molar-refractivity contribution in [2.45, 2.75) is 19.4 Å². The van der Waals surface area contributed by atoms with Crippen LogP contribution in [0.25, 0.3) is 0 Å². The van der Waals surface area contributed by atoms with E-state index in [0.29, 0.717) is 35.1 Å². The van der Waals surface area contributed by atoms with Gasteiger partial charge in [0.25, 0.3) is 5.91 Å². The molecular weight excluding hydrogens is 546 g/mol. The molecule has 0 spiro atoms. The second-order valence-electron chi connectivity index (χ2n) is 10.0. The normalized spacial score (nSPS) is 17.6. The standard InChI is InChI=1S/C31H30ClN3O6/c1-20-3-8-23(32)17-26(20)33-13-15-34(16-14-33)27-18-29(37)35(30(27)38)24-9-4-22(5-10-24)31(39)41-19-28(36)21-6-11-25(40-2)12-7-21/h3-12,17,27H,13-16,18-19H2,1-2H3. The minimum Gasteiger partial charge on any atom is -0.497 e. The van der Waals surface area contributed by atoms with Crippen molar-refractivity contribution in [1.82, 2.24) is 4.90 Å². The average molecular weight is 576 g/mol. The Morgan fingerprint density at radius 2 is 1.56 bits per heavy atom. The highest BCUT2D eigenvalue weighted by Crippen LogP contribution is 2.29. The molecule has 10 heteroatoms. The number of hydrogen-bond donors (Lipinski definition) is 0. The van der Waals surface area contributed by atoms with E-state index >= 15 is 0 Å². The van der Waals surface area contributed by atoms with Crippen molar-refractivity contribution in [3.63, 3.8) is 0 Å². The summed E-state index contributed by atoms with van der Waals surface area (Å²) >= 11 is 6.20. The number of hydrogen-bond acceptors (Lipinski definition) is 8. The van der Waals surface area contributed by atoms with Crippen molar-refractivity contribution >= 4 is 46.5 Å². The Bertz CT molecular complexity index is 1470. The monoisotopic (exact) mass is 575 g/mol. The maximum Gasteiger partial charge on any atom is 0.338 e. The fourth-order valence-corrected chi connectivity index (χ4v) is 5.36. The van der Waals surface area contributed by atoms with Crippen molar-refractivity contribution in [3.05, 3.63) is 88.4 Å². The molecule has 0 radical (unpaired) electrons. The zero-order valence-electron chi connectivity index (χ0n) is 22.8. The topological polar surface area (TPSA) is 96.5 Å². The van der Waals surface area contributed by atoms with Gasteiger partial charge < -0.3 is 14.4 Å². The molecule has 2 aliphatic rings. The molecule has 0 saturated carbocycles. The predicted octanol–water partition coefficient (Wildman–Crippen LogP) is 4.15. The molecule has 0 N–H and O–H groups in total. The number of amides is 2. The van der Waals surface area contributed by atoms with E-state index < -0.39 is 18.6 Å². The van der Waals surface area contributed by atoms with E-state index in [2.05, 4.69) is 9.80 Å². The molecule has 2 amide bonds. The molecule has 2 aliphatic heterocycles. The van der Waals surface area contributed by atoms with Gasteiger partial charge in [0.1, 0.15) is 5.75 Å². The minimum absolute atomic E-state index is 0.103. The quantitative estimate of drug-likeness (QED) is 0.225. The first-order valence-corrected chi connectivity index (χ1v) is 13.7. The molecule has 2 fully saturated rings. The largest absolute Gasteiger partial charge is 0.497 e. The van der Waals surface area contributed by atoms with Crippen LogP contribution >= 0.6 is 11.6 Å². The van der Waals surface area contributed by atoms with Crippen molar-refractivity contribution in [1.29, 1.82) is 0 Å². The number of anilines is 2. The molecule has 5 rings (SSSR count). The van der Waals surface area contributed by atoms with Crippen LogP contribution in [0.3, 0.4) is 0 Å². The lowest BCUT2D eigenvalue weighted by Gasteiger charge is -2.38. The lowest BCUT2D eigenvalue weighted by molar-refractivity contribution is -0.123. The minimum atomic E-state index is -0.678. The van der Waals surface area contributed by atoms with E-state index in [0.717, 1.165) is 24.3 Å². The van der Waals surface area contributed by atoms with E-state index in [1.165, 1.54) is 24.1 Å². The van der Waals surface area contributed by atoms with Crippen LogP contribution < -0.4 is 14.5 Å². The van der Waals surface area contributed by atoms with Gasteiger partial charge >= 0.3 is 5.97 Å². The van der Waals surface area contributed by atoms with Crippen LogP contribution in [-0.2, 0) is 14.3 Å². The van der Waals surface area contributed by atoms with Gasteiger partial charge in [0, 0.05) is 42.5 Å². The number of aryl methyl sites for hydroxylation is 1. The molecule has 41 heavy (non-hydrogen) atoms. The summed E-state index contributed by atoms with van der Waals surface area (Å²) in [6, 6.07) is 17.8. The summed E-state index contributed by atoms with van der Waals surface area (Å²) in [5.74, 6) is -0.966. The summed E-state index contributed by atoms with van der Waals surface area (Å²) in [7, 11) is 1.53. The number of carbonyl (C=O) groups excluding carboxylic acids is 4. The molecule has 0 aliphatic carbocycles. The Balaban J connectivity index is 1.17. The smallest absolute Gasteiger partial charge is 0.338 e. The van der Waals surface area contributed by atoms with Crippen molar-refractivity contribution in [3.8, 4) is 5.75 Å². The number of rotatable bonds is 8. The summed E-state index contributed by atoms with van der Waals surface area (Å²) in [6.07, 6.45) is 0.103. The third-order valence-electron chi connectivity index (χ3n) is 7.50. The van der Waals surface area contributed by atoms with Gasteiger partial charge in [-0.15, -0.1) is 0 Å². The van der Waals surface area contributed by atoms with Crippen LogP contribution in [0, 0.1) is 6.92 Å². The van der Waals surface area contributed by atoms with Crippen LogP contribution in [0.4, 0.5) is 11.4 Å². The lowest BCUT2D eigenvalue weighted by Crippen LogP contribution is -2.52. The van der Waals surface area contributed by atoms with Gasteiger partial charge in [0.05, 0.1) is 30.8 Å². The van der Waals surface area contributed by atoms with Crippen LogP contribution in [-0.4, -0.2) is 74.4 Å². The van der Waals surface area contributed by atoms with E-state index in [9.17, 15) is 19.2 Å². The second-order valence-corrected chi connectivity index (χ2v) is 10.5. The highest BCUT2D eigenvalue weighted by Gasteiger charge is 2.43. The van der Waals surface area contributed by atoms with Crippen molar-refractivity contribution in [2.24, 2.45) is 0 Å². The third-order valence-corrected chi connectivity index (χ3v) is 7.73. The second kappa shape index (κ2) is 12.1. The Morgan fingerprint density at radius 3 is 2.22 bits per heavy atom. The molecule has 9 nitrogen and oxygen atoms in total. The number of imide groups is 1. The highest BCUT2D eigenvalue weighted by molar-refractivity contribution is 6.30. The molecule has 1 atom stereocenters.